The van der Waals surface area contributed by atoms with Crippen molar-refractivity contribution in [2.24, 2.45) is 5.73 Å². The molecule has 0 spiro atoms. The van der Waals surface area contributed by atoms with Gasteiger partial charge in [-0.3, -0.25) is 0 Å². The SMILES string of the molecule is C[C@@H](O)[C@H](N)c1ccccc1C(F)(F)F. The van der Waals surface area contributed by atoms with E-state index in [1.807, 2.05) is 0 Å². The Bertz CT molecular complexity index is 336. The van der Waals surface area contributed by atoms with Crippen LogP contribution in [0, 0.1) is 0 Å². The topological polar surface area (TPSA) is 46.2 Å². The maximum atomic E-state index is 12.5. The molecule has 15 heavy (non-hydrogen) atoms. The maximum absolute atomic E-state index is 12.5. The smallest absolute Gasteiger partial charge is 0.391 e. The van der Waals surface area contributed by atoms with Gasteiger partial charge in [0.25, 0.3) is 0 Å². The first-order valence-corrected chi connectivity index (χ1v) is 4.44. The molecule has 2 nitrogen and oxygen atoms in total. The number of nitrogens with two attached hydrogens (primary N) is 1. The Morgan fingerprint density at radius 1 is 1.27 bits per heavy atom. The van der Waals surface area contributed by atoms with Crippen LogP contribution in [0.4, 0.5) is 13.2 Å². The molecule has 0 saturated heterocycles. The number of aliphatic hydroxyl groups is 1. The summed E-state index contributed by atoms with van der Waals surface area (Å²) in [5, 5.41) is 9.17. The van der Waals surface area contributed by atoms with Crippen molar-refractivity contribution < 1.29 is 18.3 Å². The second kappa shape index (κ2) is 4.20. The van der Waals surface area contributed by atoms with E-state index in [0.717, 1.165) is 6.07 Å². The molecule has 0 aliphatic carbocycles. The van der Waals surface area contributed by atoms with E-state index in [9.17, 15) is 18.3 Å². The van der Waals surface area contributed by atoms with Crippen molar-refractivity contribution in [2.45, 2.75) is 25.2 Å². The lowest BCUT2D eigenvalue weighted by molar-refractivity contribution is -0.138. The lowest BCUT2D eigenvalue weighted by Gasteiger charge is -2.20. The molecule has 0 aliphatic heterocycles. The normalized spacial score (nSPS) is 16.1. The first kappa shape index (κ1) is 12.0. The van der Waals surface area contributed by atoms with Crippen LogP contribution < -0.4 is 5.73 Å². The second-order valence-corrected chi connectivity index (χ2v) is 3.35. The van der Waals surface area contributed by atoms with Crippen LogP contribution in [-0.2, 0) is 6.18 Å². The average Bonchev–Trinajstić information content (AvgIpc) is 2.15. The molecule has 0 unspecified atom stereocenters. The summed E-state index contributed by atoms with van der Waals surface area (Å²) >= 11 is 0. The summed E-state index contributed by atoms with van der Waals surface area (Å²) in [6.07, 6.45) is -5.46. The minimum Gasteiger partial charge on any atom is -0.391 e. The van der Waals surface area contributed by atoms with Gasteiger partial charge in [0.2, 0.25) is 0 Å². The molecule has 0 radical (unpaired) electrons. The highest BCUT2D eigenvalue weighted by Crippen LogP contribution is 2.34. The molecule has 84 valence electrons. The monoisotopic (exact) mass is 219 g/mol. The molecule has 0 amide bonds. The Hall–Kier alpha value is -1.07. The number of alkyl halides is 3. The van der Waals surface area contributed by atoms with Gasteiger partial charge in [-0.25, -0.2) is 0 Å². The van der Waals surface area contributed by atoms with E-state index in [1.54, 1.807) is 0 Å². The molecular formula is C10H12F3NO. The van der Waals surface area contributed by atoms with Crippen LogP contribution in [0.1, 0.15) is 24.1 Å². The standard InChI is InChI=1S/C10H12F3NO/c1-6(15)9(14)7-4-2-3-5-8(7)10(11,12)13/h2-6,9,15H,14H2,1H3/t6-,9+/m1/s1. The van der Waals surface area contributed by atoms with Gasteiger partial charge >= 0.3 is 6.18 Å². The van der Waals surface area contributed by atoms with Gasteiger partial charge in [-0.2, -0.15) is 13.2 Å². The van der Waals surface area contributed by atoms with Crippen molar-refractivity contribution in [3.63, 3.8) is 0 Å². The summed E-state index contributed by atoms with van der Waals surface area (Å²) in [5.74, 6) is 0. The van der Waals surface area contributed by atoms with Crippen molar-refractivity contribution in [1.82, 2.24) is 0 Å². The number of benzene rings is 1. The molecule has 2 atom stereocenters. The van der Waals surface area contributed by atoms with E-state index >= 15 is 0 Å². The summed E-state index contributed by atoms with van der Waals surface area (Å²) in [7, 11) is 0. The summed E-state index contributed by atoms with van der Waals surface area (Å²) in [5.41, 5.74) is 4.61. The number of rotatable bonds is 2. The zero-order chi connectivity index (χ0) is 11.6. The van der Waals surface area contributed by atoms with Gasteiger partial charge in [0.05, 0.1) is 17.7 Å². The van der Waals surface area contributed by atoms with Crippen LogP contribution in [-0.4, -0.2) is 11.2 Å². The highest BCUT2D eigenvalue weighted by Gasteiger charge is 2.34. The molecule has 1 aromatic rings. The molecule has 1 rings (SSSR count). The number of halogens is 3. The predicted molar refractivity (Wildman–Crippen MR) is 50.1 cm³/mol. The lowest BCUT2D eigenvalue weighted by Crippen LogP contribution is -2.26. The zero-order valence-electron chi connectivity index (χ0n) is 8.12. The van der Waals surface area contributed by atoms with Gasteiger partial charge in [0, 0.05) is 0 Å². The zero-order valence-corrected chi connectivity index (χ0v) is 8.12. The van der Waals surface area contributed by atoms with E-state index in [-0.39, 0.29) is 5.56 Å². The highest BCUT2D eigenvalue weighted by molar-refractivity contribution is 5.32. The first-order chi connectivity index (χ1) is 6.84. The van der Waals surface area contributed by atoms with Crippen molar-refractivity contribution in [2.75, 3.05) is 0 Å². The van der Waals surface area contributed by atoms with Crippen molar-refractivity contribution in [3.05, 3.63) is 35.4 Å². The third kappa shape index (κ3) is 2.70. The minimum absolute atomic E-state index is 0.0833. The largest absolute Gasteiger partial charge is 0.416 e. The quantitative estimate of drug-likeness (QED) is 0.800. The maximum Gasteiger partial charge on any atom is 0.416 e. The lowest BCUT2D eigenvalue weighted by atomic mass is 9.97. The van der Waals surface area contributed by atoms with Crippen LogP contribution >= 0.6 is 0 Å². The summed E-state index contributed by atoms with van der Waals surface area (Å²) in [4.78, 5) is 0. The summed E-state index contributed by atoms with van der Waals surface area (Å²) < 4.78 is 37.6. The van der Waals surface area contributed by atoms with Crippen LogP contribution in [0.5, 0.6) is 0 Å². The Kier molecular flexibility index (Phi) is 3.36. The van der Waals surface area contributed by atoms with Gasteiger partial charge in [-0.15, -0.1) is 0 Å². The fraction of sp³-hybridized carbons (Fsp3) is 0.400. The van der Waals surface area contributed by atoms with E-state index in [4.69, 9.17) is 5.73 Å². The van der Waals surface area contributed by atoms with Gasteiger partial charge in [0.15, 0.2) is 0 Å². The van der Waals surface area contributed by atoms with Gasteiger partial charge in [0.1, 0.15) is 0 Å². The van der Waals surface area contributed by atoms with Crippen LogP contribution in [0.25, 0.3) is 0 Å². The van der Waals surface area contributed by atoms with Gasteiger partial charge < -0.3 is 10.8 Å². The van der Waals surface area contributed by atoms with E-state index in [2.05, 4.69) is 0 Å². The fourth-order valence-corrected chi connectivity index (χ4v) is 1.31. The fourth-order valence-electron chi connectivity index (χ4n) is 1.31. The average molecular weight is 219 g/mol. The van der Waals surface area contributed by atoms with Crippen LogP contribution in [0.3, 0.4) is 0 Å². The second-order valence-electron chi connectivity index (χ2n) is 3.35. The third-order valence-corrected chi connectivity index (χ3v) is 2.15. The third-order valence-electron chi connectivity index (χ3n) is 2.15. The molecule has 0 saturated carbocycles. The molecule has 0 heterocycles. The molecule has 0 aliphatic rings. The Morgan fingerprint density at radius 2 is 1.80 bits per heavy atom. The van der Waals surface area contributed by atoms with Gasteiger partial charge in [-0.1, -0.05) is 18.2 Å². The van der Waals surface area contributed by atoms with Crippen LogP contribution in [0.15, 0.2) is 24.3 Å². The highest BCUT2D eigenvalue weighted by atomic mass is 19.4. The van der Waals surface area contributed by atoms with Crippen molar-refractivity contribution in [1.29, 1.82) is 0 Å². The number of hydrogen-bond donors (Lipinski definition) is 2. The molecule has 5 heteroatoms. The minimum atomic E-state index is -4.44. The molecule has 0 fully saturated rings. The van der Waals surface area contributed by atoms with Crippen LogP contribution in [0.2, 0.25) is 0 Å². The first-order valence-electron chi connectivity index (χ1n) is 4.44. The molecule has 1 aromatic carbocycles. The number of aliphatic hydroxyl groups excluding tert-OH is 1. The Labute approximate surface area is 85.5 Å². The van der Waals surface area contributed by atoms with Gasteiger partial charge in [-0.05, 0) is 18.6 Å². The van der Waals surface area contributed by atoms with E-state index in [1.165, 1.54) is 25.1 Å². The van der Waals surface area contributed by atoms with Crippen molar-refractivity contribution >= 4 is 0 Å². The molecule has 3 N–H and O–H groups in total. The molecular weight excluding hydrogens is 207 g/mol. The molecule has 0 aromatic heterocycles. The Morgan fingerprint density at radius 3 is 2.27 bits per heavy atom. The van der Waals surface area contributed by atoms with E-state index in [0.29, 0.717) is 0 Å². The Balaban J connectivity index is 3.18. The van der Waals surface area contributed by atoms with E-state index < -0.39 is 23.9 Å². The summed E-state index contributed by atoms with van der Waals surface area (Å²) in [6, 6.07) is 3.97. The molecule has 0 bridgehead atoms. The summed E-state index contributed by atoms with van der Waals surface area (Å²) in [6.45, 7) is 1.36. The number of hydrogen-bond acceptors (Lipinski definition) is 2. The predicted octanol–water partition coefficient (Wildman–Crippen LogP) is 2.09. The van der Waals surface area contributed by atoms with Crippen molar-refractivity contribution in [3.8, 4) is 0 Å².